The molecule has 3 saturated heterocycles. The molecule has 2 N–H and O–H groups in total. The molecule has 10 heteroatoms. The van der Waals surface area contributed by atoms with Crippen molar-refractivity contribution in [2.24, 2.45) is 5.92 Å². The van der Waals surface area contributed by atoms with Crippen molar-refractivity contribution in [3.05, 3.63) is 106 Å². The summed E-state index contributed by atoms with van der Waals surface area (Å²) in [7, 11) is 0. The maximum atomic E-state index is 13.4. The van der Waals surface area contributed by atoms with Crippen LogP contribution < -0.4 is 5.32 Å². The highest BCUT2D eigenvalue weighted by Gasteiger charge is 2.44. The van der Waals surface area contributed by atoms with E-state index in [1.54, 1.807) is 4.90 Å². The number of hydrogen-bond acceptors (Lipinski definition) is 4. The number of likely N-dealkylation sites (tertiary alicyclic amines) is 3. The molecule has 3 amide bonds. The first-order chi connectivity index (χ1) is 22.2. The number of nitrogens with zero attached hydrogens (tertiary/aromatic N) is 3. The van der Waals surface area contributed by atoms with Crippen molar-refractivity contribution in [1.82, 2.24) is 20.0 Å². The zero-order valence-electron chi connectivity index (χ0n) is 25.8. The molecule has 2 atom stereocenters. The number of halogens is 2. The lowest BCUT2D eigenvalue weighted by molar-refractivity contribution is -0.141. The molecule has 0 saturated carbocycles. The second-order valence-corrected chi connectivity index (χ2v) is 13.8. The highest BCUT2D eigenvalue weighted by Crippen LogP contribution is 2.41. The summed E-state index contributed by atoms with van der Waals surface area (Å²) in [4.78, 5) is 44.4. The van der Waals surface area contributed by atoms with Gasteiger partial charge in [-0.25, -0.2) is 4.79 Å². The van der Waals surface area contributed by atoms with Crippen LogP contribution in [0.1, 0.15) is 53.6 Å². The van der Waals surface area contributed by atoms with Gasteiger partial charge in [0.15, 0.2) is 0 Å². The van der Waals surface area contributed by atoms with E-state index in [9.17, 15) is 19.5 Å². The third-order valence-electron chi connectivity index (χ3n) is 10.3. The fourth-order valence-corrected chi connectivity index (χ4v) is 7.72. The third kappa shape index (κ3) is 6.75. The summed E-state index contributed by atoms with van der Waals surface area (Å²) >= 11 is 12.8. The van der Waals surface area contributed by atoms with Crippen molar-refractivity contribution < 1.29 is 19.5 Å². The molecule has 3 aromatic carbocycles. The lowest BCUT2D eigenvalue weighted by atomic mass is 9.76. The number of benzene rings is 3. The normalized spacial score (nSPS) is 23.0. The Hall–Kier alpha value is -3.59. The number of rotatable bonds is 8. The maximum Gasteiger partial charge on any atom is 0.318 e. The van der Waals surface area contributed by atoms with Gasteiger partial charge in [-0.05, 0) is 74.0 Å². The zero-order chi connectivity index (χ0) is 32.3. The van der Waals surface area contributed by atoms with Gasteiger partial charge in [-0.1, -0.05) is 77.8 Å². The van der Waals surface area contributed by atoms with Crippen LogP contribution in [0.3, 0.4) is 0 Å². The zero-order valence-corrected chi connectivity index (χ0v) is 27.3. The summed E-state index contributed by atoms with van der Waals surface area (Å²) in [5, 5.41) is 13.8. The number of hydrogen-bond donors (Lipinski definition) is 2. The predicted molar refractivity (Wildman–Crippen MR) is 179 cm³/mol. The molecule has 3 aromatic rings. The van der Waals surface area contributed by atoms with Crippen LogP contribution >= 0.6 is 23.2 Å². The second kappa shape index (κ2) is 13.6. The van der Waals surface area contributed by atoms with Gasteiger partial charge < -0.3 is 25.1 Å². The van der Waals surface area contributed by atoms with Crippen LogP contribution in [0.4, 0.5) is 4.79 Å². The summed E-state index contributed by atoms with van der Waals surface area (Å²) in [6.45, 7) is 4.35. The van der Waals surface area contributed by atoms with Crippen LogP contribution in [0.15, 0.2) is 78.9 Å². The smallest absolute Gasteiger partial charge is 0.318 e. The number of carboxylic acid groups (broad SMARTS) is 1. The summed E-state index contributed by atoms with van der Waals surface area (Å²) in [6.07, 6.45) is 3.62. The number of carboxylic acids is 1. The average molecular weight is 664 g/mol. The molecule has 8 nitrogen and oxygen atoms in total. The number of carbonyl (C=O) groups is 3. The van der Waals surface area contributed by atoms with Crippen LogP contribution in [0.25, 0.3) is 0 Å². The van der Waals surface area contributed by atoms with Gasteiger partial charge in [0.1, 0.15) is 0 Å². The maximum absolute atomic E-state index is 13.4. The first kappa shape index (κ1) is 32.4. The van der Waals surface area contributed by atoms with Crippen LogP contribution in [0, 0.1) is 5.92 Å². The second-order valence-electron chi connectivity index (χ2n) is 13.0. The minimum Gasteiger partial charge on any atom is -0.481 e. The number of carbonyl (C=O) groups excluding carboxylic acids is 2. The van der Waals surface area contributed by atoms with Gasteiger partial charge in [-0.15, -0.1) is 0 Å². The Morgan fingerprint density at radius 1 is 0.804 bits per heavy atom. The molecule has 0 aromatic heterocycles. The van der Waals surface area contributed by atoms with Gasteiger partial charge in [0.25, 0.3) is 5.91 Å². The van der Waals surface area contributed by atoms with Crippen molar-refractivity contribution >= 4 is 41.1 Å². The largest absolute Gasteiger partial charge is 0.481 e. The van der Waals surface area contributed by atoms with Crippen molar-refractivity contribution in [2.45, 2.75) is 43.1 Å². The molecule has 3 aliphatic heterocycles. The van der Waals surface area contributed by atoms with Crippen molar-refractivity contribution in [3.8, 4) is 0 Å². The van der Waals surface area contributed by atoms with Gasteiger partial charge >= 0.3 is 12.0 Å². The lowest BCUT2D eigenvalue weighted by Crippen LogP contribution is -2.56. The van der Waals surface area contributed by atoms with E-state index in [0.717, 1.165) is 56.4 Å². The topological polar surface area (TPSA) is 93.2 Å². The summed E-state index contributed by atoms with van der Waals surface area (Å²) in [5.41, 5.74) is 2.05. The molecule has 6 rings (SSSR count). The highest BCUT2D eigenvalue weighted by atomic mass is 35.5. The van der Waals surface area contributed by atoms with Gasteiger partial charge in [-0.3, -0.25) is 9.59 Å². The molecule has 2 unspecified atom stereocenters. The minimum atomic E-state index is -0.852. The van der Waals surface area contributed by atoms with Crippen LogP contribution in [-0.4, -0.2) is 83.5 Å². The monoisotopic (exact) mass is 662 g/mol. The van der Waals surface area contributed by atoms with E-state index in [1.807, 2.05) is 71.6 Å². The summed E-state index contributed by atoms with van der Waals surface area (Å²) in [6, 6.07) is 25.2. The molecule has 3 aliphatic rings. The van der Waals surface area contributed by atoms with E-state index >= 15 is 0 Å². The number of amides is 3. The first-order valence-corrected chi connectivity index (χ1v) is 16.8. The standard InChI is InChI=1S/C36H40Cl2N4O4/c37-30-12-11-29(23-31(30)38)35(15-22-42(25-35)32(43)26-7-3-1-4-8-26)14-19-40-20-16-36(17-21-40,28-9-5-2-6-10-28)39-34(46)41-18-13-27(24-41)33(44)45/h1-12,23,27H,13-22,24-25H2,(H,39,46)(H,44,45). The van der Waals surface area contributed by atoms with Crippen LogP contribution in [0.5, 0.6) is 0 Å². The first-order valence-electron chi connectivity index (χ1n) is 16.1. The van der Waals surface area contributed by atoms with Gasteiger partial charge in [0, 0.05) is 50.2 Å². The van der Waals surface area contributed by atoms with E-state index in [1.165, 1.54) is 0 Å². The molecular weight excluding hydrogens is 623 g/mol. The lowest BCUT2D eigenvalue weighted by Gasteiger charge is -2.44. The Morgan fingerprint density at radius 2 is 1.50 bits per heavy atom. The van der Waals surface area contributed by atoms with E-state index in [0.29, 0.717) is 41.7 Å². The highest BCUT2D eigenvalue weighted by molar-refractivity contribution is 6.42. The molecule has 242 valence electrons. The average Bonchev–Trinajstić information content (AvgIpc) is 3.76. The van der Waals surface area contributed by atoms with Crippen molar-refractivity contribution in [2.75, 3.05) is 45.8 Å². The van der Waals surface area contributed by atoms with Gasteiger partial charge in [0.05, 0.1) is 21.5 Å². The Morgan fingerprint density at radius 3 is 2.15 bits per heavy atom. The molecule has 3 heterocycles. The van der Waals surface area contributed by atoms with E-state index < -0.39 is 17.4 Å². The molecule has 0 aliphatic carbocycles. The van der Waals surface area contributed by atoms with E-state index in [2.05, 4.69) is 22.3 Å². The van der Waals surface area contributed by atoms with E-state index in [4.69, 9.17) is 23.2 Å². The SMILES string of the molecule is O=C(O)C1CCN(C(=O)NC2(c3ccccc3)CCN(CCC3(c4ccc(Cl)c(Cl)c4)CCN(C(=O)c4ccccc4)C3)CC2)C1. The molecular formula is C36H40Cl2N4O4. The molecule has 0 radical (unpaired) electrons. The van der Waals surface area contributed by atoms with Crippen molar-refractivity contribution in [3.63, 3.8) is 0 Å². The van der Waals surface area contributed by atoms with Gasteiger partial charge in [0.2, 0.25) is 0 Å². The van der Waals surface area contributed by atoms with E-state index in [-0.39, 0.29) is 23.9 Å². The molecule has 0 spiro atoms. The fraction of sp³-hybridized carbons (Fsp3) is 0.417. The number of urea groups is 1. The van der Waals surface area contributed by atoms with Crippen LogP contribution in [0.2, 0.25) is 10.0 Å². The minimum absolute atomic E-state index is 0.0385. The quantitative estimate of drug-likeness (QED) is 0.296. The van der Waals surface area contributed by atoms with Gasteiger partial charge in [-0.2, -0.15) is 0 Å². The molecule has 46 heavy (non-hydrogen) atoms. The molecule has 0 bridgehead atoms. The summed E-state index contributed by atoms with van der Waals surface area (Å²) in [5.74, 6) is -1.33. The summed E-state index contributed by atoms with van der Waals surface area (Å²) < 4.78 is 0. The predicted octanol–water partition coefficient (Wildman–Crippen LogP) is 6.27. The number of aliphatic carboxylic acids is 1. The Bertz CT molecular complexity index is 1560. The van der Waals surface area contributed by atoms with Crippen molar-refractivity contribution in [1.29, 1.82) is 0 Å². The number of nitrogens with one attached hydrogen (secondary N) is 1. The molecule has 3 fully saturated rings. The Labute approximate surface area is 280 Å². The Kier molecular flexibility index (Phi) is 9.59. The number of piperidine rings is 1. The van der Waals surface area contributed by atoms with Crippen LogP contribution in [-0.2, 0) is 15.7 Å². The Balaban J connectivity index is 1.16. The fourth-order valence-electron chi connectivity index (χ4n) is 7.42. The third-order valence-corrected chi connectivity index (χ3v) is 11.0.